The van der Waals surface area contributed by atoms with E-state index in [1.165, 1.54) is 10.4 Å². The first-order valence-corrected chi connectivity index (χ1v) is 11.5. The molecule has 1 fully saturated rings. The fourth-order valence-corrected chi connectivity index (χ4v) is 6.01. The molecule has 6 nitrogen and oxygen atoms in total. The predicted molar refractivity (Wildman–Crippen MR) is 117 cm³/mol. The summed E-state index contributed by atoms with van der Waals surface area (Å²) in [6.45, 7) is 3.47. The molecule has 1 atom stereocenters. The van der Waals surface area contributed by atoms with Gasteiger partial charge in [0.25, 0.3) is 0 Å². The average molecular weight is 438 g/mol. The zero-order chi connectivity index (χ0) is 20.4. The van der Waals surface area contributed by atoms with Gasteiger partial charge in [0.1, 0.15) is 17.4 Å². The normalized spacial score (nSPS) is 20.1. The third-order valence-electron chi connectivity index (χ3n) is 6.13. The molecule has 0 spiro atoms. The first-order chi connectivity index (χ1) is 14.6. The molecular formula is C22H20ClN5OS. The van der Waals surface area contributed by atoms with E-state index in [-0.39, 0.29) is 12.0 Å². The van der Waals surface area contributed by atoms with Crippen LogP contribution in [-0.4, -0.2) is 37.8 Å². The summed E-state index contributed by atoms with van der Waals surface area (Å²) in [5.74, 6) is 1.38. The molecule has 0 bridgehead atoms. The Morgan fingerprint density at radius 3 is 2.90 bits per heavy atom. The number of aliphatic imine (C=N–C) groups is 1. The molecule has 0 N–H and O–H groups in total. The van der Waals surface area contributed by atoms with Crippen LogP contribution in [0.5, 0.6) is 0 Å². The monoisotopic (exact) mass is 437 g/mol. The second-order valence-electron chi connectivity index (χ2n) is 8.16. The zero-order valence-electron chi connectivity index (χ0n) is 16.5. The highest BCUT2D eigenvalue weighted by Gasteiger charge is 2.37. The highest BCUT2D eigenvalue weighted by atomic mass is 35.5. The Balaban J connectivity index is 1.53. The Hall–Kier alpha value is -2.51. The highest BCUT2D eigenvalue weighted by molar-refractivity contribution is 7.15. The maximum absolute atomic E-state index is 12.7. The maximum atomic E-state index is 12.7. The van der Waals surface area contributed by atoms with E-state index in [9.17, 15) is 4.79 Å². The summed E-state index contributed by atoms with van der Waals surface area (Å²) < 4.78 is 2.06. The number of thiophene rings is 1. The van der Waals surface area contributed by atoms with E-state index in [2.05, 4.69) is 14.8 Å². The van der Waals surface area contributed by atoms with E-state index in [0.717, 1.165) is 53.5 Å². The Labute approximate surface area is 183 Å². The van der Waals surface area contributed by atoms with Gasteiger partial charge in [0.15, 0.2) is 5.82 Å². The van der Waals surface area contributed by atoms with Crippen LogP contribution in [-0.2, 0) is 17.8 Å². The predicted octanol–water partition coefficient (Wildman–Crippen LogP) is 4.19. The van der Waals surface area contributed by atoms with Gasteiger partial charge in [-0.05, 0) is 37.8 Å². The van der Waals surface area contributed by atoms with E-state index in [1.54, 1.807) is 17.7 Å². The molecule has 1 amide bonds. The van der Waals surface area contributed by atoms with Gasteiger partial charge in [-0.15, -0.1) is 21.5 Å². The molecule has 6 rings (SSSR count). The molecule has 1 aromatic carbocycles. The number of hydrogen-bond acceptors (Lipinski definition) is 5. The molecule has 1 unspecified atom stereocenters. The van der Waals surface area contributed by atoms with Gasteiger partial charge in [0.05, 0.1) is 12.3 Å². The summed E-state index contributed by atoms with van der Waals surface area (Å²) in [4.78, 5) is 21.0. The number of rotatable bonds is 2. The average Bonchev–Trinajstić information content (AvgIpc) is 3.39. The molecule has 4 heterocycles. The van der Waals surface area contributed by atoms with Gasteiger partial charge in [-0.25, -0.2) is 0 Å². The van der Waals surface area contributed by atoms with Crippen LogP contribution in [0.15, 0.2) is 35.6 Å². The van der Waals surface area contributed by atoms with Gasteiger partial charge >= 0.3 is 0 Å². The number of carbonyl (C=O) groups is 1. The van der Waals surface area contributed by atoms with Crippen molar-refractivity contribution < 1.29 is 4.79 Å². The summed E-state index contributed by atoms with van der Waals surface area (Å²) >= 11 is 8.33. The molecular weight excluding hydrogens is 418 g/mol. The van der Waals surface area contributed by atoms with E-state index >= 15 is 0 Å². The summed E-state index contributed by atoms with van der Waals surface area (Å²) in [5, 5.41) is 10.3. The van der Waals surface area contributed by atoms with Crippen LogP contribution in [0.25, 0.3) is 5.00 Å². The topological polar surface area (TPSA) is 63.4 Å². The molecule has 1 aliphatic carbocycles. The molecule has 0 radical (unpaired) electrons. The smallest absolute Gasteiger partial charge is 0.226 e. The minimum atomic E-state index is -0.134. The van der Waals surface area contributed by atoms with Gasteiger partial charge in [-0.3, -0.25) is 14.4 Å². The SMILES string of the molecule is CC1N=C(c2ccccc2Cl)c2c(sc3c2CCN(C(=O)C2CC2)C3)-n2cnnc21. The van der Waals surface area contributed by atoms with Crippen molar-refractivity contribution in [1.29, 1.82) is 0 Å². The van der Waals surface area contributed by atoms with E-state index in [4.69, 9.17) is 16.6 Å². The summed E-state index contributed by atoms with van der Waals surface area (Å²) in [7, 11) is 0. The number of nitrogens with zero attached hydrogens (tertiary/aromatic N) is 5. The lowest BCUT2D eigenvalue weighted by Gasteiger charge is -2.27. The largest absolute Gasteiger partial charge is 0.337 e. The number of halogens is 1. The van der Waals surface area contributed by atoms with Crippen molar-refractivity contribution in [3.8, 4) is 5.00 Å². The van der Waals surface area contributed by atoms with Crippen LogP contribution < -0.4 is 0 Å². The molecule has 1 saturated carbocycles. The highest BCUT2D eigenvalue weighted by Crippen LogP contribution is 2.42. The summed E-state index contributed by atoms with van der Waals surface area (Å²) in [5.41, 5.74) is 4.24. The molecule has 2 aromatic heterocycles. The van der Waals surface area contributed by atoms with Crippen molar-refractivity contribution in [3.05, 3.63) is 63.0 Å². The molecule has 0 saturated heterocycles. The second-order valence-corrected chi connectivity index (χ2v) is 9.65. The molecule has 3 aliphatic rings. The standard InChI is InChI=1S/C22H20ClN5OS/c1-12-20-26-24-11-28(20)22-18(19(25-12)14-4-2-3-5-16(14)23)15-8-9-27(10-17(15)30-22)21(29)13-6-7-13/h2-5,11-13H,6-10H2,1H3. The van der Waals surface area contributed by atoms with Crippen LogP contribution in [0, 0.1) is 5.92 Å². The molecule has 152 valence electrons. The van der Waals surface area contributed by atoms with Gasteiger partial charge in [-0.2, -0.15) is 0 Å². The Kier molecular flexibility index (Phi) is 4.11. The second kappa shape index (κ2) is 6.75. The van der Waals surface area contributed by atoms with Crippen molar-refractivity contribution >= 4 is 34.6 Å². The number of aromatic nitrogens is 3. The lowest BCUT2D eigenvalue weighted by Crippen LogP contribution is -2.36. The lowest BCUT2D eigenvalue weighted by atomic mass is 9.95. The fraction of sp³-hybridized carbons (Fsp3) is 0.364. The quantitative estimate of drug-likeness (QED) is 0.603. The lowest BCUT2D eigenvalue weighted by molar-refractivity contribution is -0.133. The van der Waals surface area contributed by atoms with Crippen LogP contribution in [0.3, 0.4) is 0 Å². The van der Waals surface area contributed by atoms with Crippen molar-refractivity contribution in [3.63, 3.8) is 0 Å². The van der Waals surface area contributed by atoms with Crippen LogP contribution >= 0.6 is 22.9 Å². The third-order valence-corrected chi connectivity index (χ3v) is 7.68. The van der Waals surface area contributed by atoms with Gasteiger partial charge in [-0.1, -0.05) is 29.8 Å². The van der Waals surface area contributed by atoms with Crippen LogP contribution in [0.2, 0.25) is 5.02 Å². The van der Waals surface area contributed by atoms with Gasteiger partial charge in [0, 0.05) is 33.5 Å². The third kappa shape index (κ3) is 2.76. The van der Waals surface area contributed by atoms with Crippen molar-refractivity contribution in [2.24, 2.45) is 10.9 Å². The molecule has 2 aliphatic heterocycles. The summed E-state index contributed by atoms with van der Waals surface area (Å²) in [6, 6.07) is 7.73. The van der Waals surface area contributed by atoms with Gasteiger partial charge in [0.2, 0.25) is 5.91 Å². The van der Waals surface area contributed by atoms with Crippen LogP contribution in [0.1, 0.15) is 53.2 Å². The number of fused-ring (bicyclic) bond motifs is 5. The number of amides is 1. The van der Waals surface area contributed by atoms with E-state index in [1.807, 2.05) is 36.1 Å². The Morgan fingerprint density at radius 1 is 1.27 bits per heavy atom. The first-order valence-electron chi connectivity index (χ1n) is 10.3. The van der Waals surface area contributed by atoms with Gasteiger partial charge < -0.3 is 4.90 Å². The summed E-state index contributed by atoms with van der Waals surface area (Å²) in [6.07, 6.45) is 4.67. The van der Waals surface area contributed by atoms with Crippen LogP contribution in [0.4, 0.5) is 0 Å². The fourth-order valence-electron chi connectivity index (χ4n) is 4.44. The van der Waals surface area contributed by atoms with Crippen molar-refractivity contribution in [1.82, 2.24) is 19.7 Å². The van der Waals surface area contributed by atoms with E-state index in [0.29, 0.717) is 17.5 Å². The maximum Gasteiger partial charge on any atom is 0.226 e. The zero-order valence-corrected chi connectivity index (χ0v) is 18.1. The van der Waals surface area contributed by atoms with Crippen molar-refractivity contribution in [2.75, 3.05) is 6.54 Å². The van der Waals surface area contributed by atoms with E-state index < -0.39 is 0 Å². The molecule has 3 aromatic rings. The number of hydrogen-bond donors (Lipinski definition) is 0. The Bertz CT molecular complexity index is 1210. The minimum absolute atomic E-state index is 0.134. The minimum Gasteiger partial charge on any atom is -0.337 e. The Morgan fingerprint density at radius 2 is 2.10 bits per heavy atom. The molecule has 8 heteroatoms. The first kappa shape index (κ1) is 18.3. The molecule has 30 heavy (non-hydrogen) atoms. The number of carbonyl (C=O) groups excluding carboxylic acids is 1. The number of benzene rings is 1. The van der Waals surface area contributed by atoms with Crippen molar-refractivity contribution in [2.45, 2.75) is 38.8 Å².